The van der Waals surface area contributed by atoms with E-state index in [2.05, 4.69) is 4.98 Å². The smallest absolute Gasteiger partial charge is 0.338 e. The van der Waals surface area contributed by atoms with E-state index >= 15 is 0 Å². The molecule has 0 saturated heterocycles. The second kappa shape index (κ2) is 9.02. The van der Waals surface area contributed by atoms with Gasteiger partial charge in [-0.2, -0.15) is 0 Å². The van der Waals surface area contributed by atoms with Crippen molar-refractivity contribution in [2.75, 3.05) is 11.6 Å². The van der Waals surface area contributed by atoms with Crippen LogP contribution in [-0.2, 0) is 34.0 Å². The second-order valence-corrected chi connectivity index (χ2v) is 8.18. The summed E-state index contributed by atoms with van der Waals surface area (Å²) < 4.78 is 6.12. The lowest BCUT2D eigenvalue weighted by molar-refractivity contribution is -0.170. The maximum Gasteiger partial charge on any atom is 0.338 e. The van der Waals surface area contributed by atoms with E-state index in [0.717, 1.165) is 27.7 Å². The first-order valence-corrected chi connectivity index (χ1v) is 10.9. The number of ether oxygens (including phenoxy) is 1. The van der Waals surface area contributed by atoms with Crippen LogP contribution in [0.5, 0.6) is 0 Å². The summed E-state index contributed by atoms with van der Waals surface area (Å²) in [5.74, 6) is -1.02. The Morgan fingerprint density at radius 1 is 0.909 bits per heavy atom. The first-order valence-electron chi connectivity index (χ1n) is 10.9. The molecule has 6 nitrogen and oxygen atoms in total. The molecule has 0 aliphatic carbocycles. The molecular formula is C27H24N2O4. The molecule has 0 radical (unpaired) electrons. The summed E-state index contributed by atoms with van der Waals surface area (Å²) in [6, 6.07) is 29.1. The lowest BCUT2D eigenvalue weighted by Gasteiger charge is -2.40. The molecule has 1 unspecified atom stereocenters. The van der Waals surface area contributed by atoms with Crippen molar-refractivity contribution in [3.05, 3.63) is 108 Å². The third-order valence-corrected chi connectivity index (χ3v) is 5.91. The minimum atomic E-state index is -1.46. The number of rotatable bonds is 7. The Hall–Kier alpha value is -3.74. The van der Waals surface area contributed by atoms with Crippen molar-refractivity contribution in [1.29, 1.82) is 0 Å². The number of benzene rings is 3. The molecule has 1 aromatic heterocycles. The van der Waals surface area contributed by atoms with Crippen molar-refractivity contribution in [3.8, 4) is 0 Å². The number of pyridine rings is 1. The molecule has 0 amide bonds. The molecule has 166 valence electrons. The lowest BCUT2D eigenvalue weighted by atomic mass is 9.89. The average Bonchev–Trinajstić information content (AvgIpc) is 2.86. The van der Waals surface area contributed by atoms with Gasteiger partial charge >= 0.3 is 5.97 Å². The highest BCUT2D eigenvalue weighted by atomic mass is 16.7. The number of hydroxylamine groups is 1. The molecule has 1 atom stereocenters. The maximum absolute atomic E-state index is 12.5. The molecule has 3 aromatic carbocycles. The number of carbonyl (C=O) groups is 1. The minimum absolute atomic E-state index is 0.0692. The van der Waals surface area contributed by atoms with Gasteiger partial charge < -0.3 is 9.84 Å². The Morgan fingerprint density at radius 3 is 2.52 bits per heavy atom. The highest BCUT2D eigenvalue weighted by molar-refractivity contribution is 5.81. The number of carboxylic acids is 1. The molecule has 6 heteroatoms. The van der Waals surface area contributed by atoms with Gasteiger partial charge in [-0.3, -0.25) is 9.82 Å². The number of aliphatic carboxylic acids is 1. The molecule has 0 bridgehead atoms. The van der Waals surface area contributed by atoms with Crippen LogP contribution in [0.15, 0.2) is 91.0 Å². The van der Waals surface area contributed by atoms with E-state index in [1.54, 1.807) is 5.06 Å². The van der Waals surface area contributed by atoms with Gasteiger partial charge in [-0.15, -0.1) is 0 Å². The largest absolute Gasteiger partial charge is 0.479 e. The summed E-state index contributed by atoms with van der Waals surface area (Å²) in [4.78, 5) is 23.2. The molecule has 1 aliphatic heterocycles. The normalized spacial score (nSPS) is 17.6. The lowest BCUT2D eigenvalue weighted by Crippen LogP contribution is -2.55. The Morgan fingerprint density at radius 2 is 1.67 bits per heavy atom. The highest BCUT2D eigenvalue weighted by Gasteiger charge is 2.46. The zero-order valence-corrected chi connectivity index (χ0v) is 18.1. The van der Waals surface area contributed by atoms with Crippen LogP contribution in [0.4, 0.5) is 5.69 Å². The van der Waals surface area contributed by atoms with Crippen LogP contribution in [0, 0.1) is 0 Å². The molecular weight excluding hydrogens is 416 g/mol. The SMILES string of the molecule is O=C(O)C1(OCc2ccc3ccccc3n2)Cc2ccccc2N(OCc2ccccc2)C1. The van der Waals surface area contributed by atoms with Crippen molar-refractivity contribution < 1.29 is 19.5 Å². The third kappa shape index (κ3) is 4.44. The van der Waals surface area contributed by atoms with Crippen LogP contribution >= 0.6 is 0 Å². The molecule has 5 rings (SSSR count). The summed E-state index contributed by atoms with van der Waals surface area (Å²) in [6.45, 7) is 0.489. The first-order chi connectivity index (χ1) is 16.1. The Bertz CT molecular complexity index is 1280. The Balaban J connectivity index is 1.40. The molecule has 33 heavy (non-hydrogen) atoms. The number of fused-ring (bicyclic) bond motifs is 2. The fourth-order valence-electron chi connectivity index (χ4n) is 4.13. The van der Waals surface area contributed by atoms with E-state index in [9.17, 15) is 9.90 Å². The fraction of sp³-hybridized carbons (Fsp3) is 0.185. The van der Waals surface area contributed by atoms with Gasteiger partial charge in [0.25, 0.3) is 0 Å². The second-order valence-electron chi connectivity index (χ2n) is 8.18. The zero-order valence-electron chi connectivity index (χ0n) is 18.1. The number of anilines is 1. The van der Waals surface area contributed by atoms with Gasteiger partial charge in [0.15, 0.2) is 5.60 Å². The molecule has 0 fully saturated rings. The summed E-state index contributed by atoms with van der Waals surface area (Å²) in [6.07, 6.45) is 0.247. The van der Waals surface area contributed by atoms with Gasteiger partial charge in [-0.05, 0) is 29.3 Å². The monoisotopic (exact) mass is 440 g/mol. The van der Waals surface area contributed by atoms with Crippen LogP contribution in [0.25, 0.3) is 10.9 Å². The van der Waals surface area contributed by atoms with Gasteiger partial charge in [0.1, 0.15) is 0 Å². The minimum Gasteiger partial charge on any atom is -0.479 e. The maximum atomic E-state index is 12.5. The predicted molar refractivity (Wildman–Crippen MR) is 126 cm³/mol. The van der Waals surface area contributed by atoms with E-state index in [1.165, 1.54) is 0 Å². The van der Waals surface area contributed by atoms with Crippen molar-refractivity contribution in [2.24, 2.45) is 0 Å². The Labute approximate surface area is 192 Å². The number of nitrogens with zero attached hydrogens (tertiary/aromatic N) is 2. The number of aromatic nitrogens is 1. The van der Waals surface area contributed by atoms with Crippen molar-refractivity contribution in [1.82, 2.24) is 4.98 Å². The van der Waals surface area contributed by atoms with Gasteiger partial charge in [0.2, 0.25) is 0 Å². The predicted octanol–water partition coefficient (Wildman–Crippen LogP) is 4.77. The summed E-state index contributed by atoms with van der Waals surface area (Å²) in [5, 5.41) is 12.9. The average molecular weight is 440 g/mol. The standard InChI is InChI=1S/C27H24N2O4/c30-26(31)27(32-18-23-15-14-21-10-4-6-12-24(21)28-23)16-22-11-5-7-13-25(22)29(19-27)33-17-20-8-2-1-3-9-20/h1-15H,16-19H2,(H,30,31). The summed E-state index contributed by atoms with van der Waals surface area (Å²) in [5.41, 5.74) is 2.80. The van der Waals surface area contributed by atoms with Gasteiger partial charge in [0.05, 0.1) is 36.7 Å². The molecule has 1 N–H and O–H groups in total. The topological polar surface area (TPSA) is 71.9 Å². The summed E-state index contributed by atoms with van der Waals surface area (Å²) >= 11 is 0. The van der Waals surface area contributed by atoms with Crippen LogP contribution in [-0.4, -0.2) is 28.2 Å². The quantitative estimate of drug-likeness (QED) is 0.446. The van der Waals surface area contributed by atoms with Crippen molar-refractivity contribution >= 4 is 22.6 Å². The van der Waals surface area contributed by atoms with Gasteiger partial charge in [-0.1, -0.05) is 72.8 Å². The molecule has 0 saturated carbocycles. The zero-order chi connectivity index (χ0) is 22.7. The number of carboxylic acid groups (broad SMARTS) is 1. The van der Waals surface area contributed by atoms with Gasteiger partial charge in [-0.25, -0.2) is 9.86 Å². The number of hydrogen-bond acceptors (Lipinski definition) is 5. The van der Waals surface area contributed by atoms with Gasteiger partial charge in [0, 0.05) is 11.8 Å². The van der Waals surface area contributed by atoms with Crippen molar-refractivity contribution in [3.63, 3.8) is 0 Å². The van der Waals surface area contributed by atoms with Crippen LogP contribution in [0.2, 0.25) is 0 Å². The van der Waals surface area contributed by atoms with E-state index in [4.69, 9.17) is 9.57 Å². The first kappa shape index (κ1) is 21.1. The highest BCUT2D eigenvalue weighted by Crippen LogP contribution is 2.35. The number of para-hydroxylation sites is 2. The van der Waals surface area contributed by atoms with Crippen molar-refractivity contribution in [2.45, 2.75) is 25.2 Å². The number of hydrogen-bond donors (Lipinski definition) is 1. The fourth-order valence-corrected chi connectivity index (χ4v) is 4.13. The molecule has 4 aromatic rings. The van der Waals surface area contributed by atoms with E-state index in [-0.39, 0.29) is 19.6 Å². The van der Waals surface area contributed by atoms with Crippen LogP contribution < -0.4 is 5.06 Å². The van der Waals surface area contributed by atoms with Crippen LogP contribution in [0.3, 0.4) is 0 Å². The molecule has 0 spiro atoms. The van der Waals surface area contributed by atoms with Crippen LogP contribution in [0.1, 0.15) is 16.8 Å². The van der Waals surface area contributed by atoms with E-state index in [0.29, 0.717) is 12.3 Å². The van der Waals surface area contributed by atoms with E-state index < -0.39 is 11.6 Å². The molecule has 1 aliphatic rings. The Kier molecular flexibility index (Phi) is 5.77. The van der Waals surface area contributed by atoms with E-state index in [1.807, 2.05) is 91.0 Å². The molecule has 2 heterocycles. The summed E-state index contributed by atoms with van der Waals surface area (Å²) in [7, 11) is 0. The third-order valence-electron chi connectivity index (χ3n) is 5.91.